The molecule has 1 unspecified atom stereocenters. The molecule has 0 aromatic carbocycles. The van der Waals surface area contributed by atoms with E-state index in [9.17, 15) is 33.0 Å². The standard InChI is InChI=1S/C11H11F3N2O6/c12-11(13,14)3-16-1-4(9(20)15-10(16)21)8-7(19)6(18)5(2-17)22-8/h1,7-8,17-19H,2-3H2,(H,15,20,21)/t7?,8-/m0/s1. The highest BCUT2D eigenvalue weighted by atomic mass is 19.4. The smallest absolute Gasteiger partial charge is 0.406 e. The zero-order valence-corrected chi connectivity index (χ0v) is 10.8. The van der Waals surface area contributed by atoms with Crippen molar-refractivity contribution in [3.63, 3.8) is 0 Å². The third kappa shape index (κ3) is 2.99. The number of ether oxygens (including phenoxy) is 1. The van der Waals surface area contributed by atoms with Crippen LogP contribution in [0.15, 0.2) is 27.3 Å². The Morgan fingerprint density at radius 2 is 2.00 bits per heavy atom. The normalized spacial score (nSPS) is 22.0. The molecule has 11 heteroatoms. The first-order valence-electron chi connectivity index (χ1n) is 5.92. The van der Waals surface area contributed by atoms with E-state index in [1.165, 1.54) is 0 Å². The topological polar surface area (TPSA) is 125 Å². The van der Waals surface area contributed by atoms with Crippen molar-refractivity contribution in [3.05, 3.63) is 44.1 Å². The highest BCUT2D eigenvalue weighted by Gasteiger charge is 2.39. The van der Waals surface area contributed by atoms with Crippen LogP contribution in [-0.2, 0) is 11.3 Å². The summed E-state index contributed by atoms with van der Waals surface area (Å²) in [6.07, 6.45) is -7.40. The van der Waals surface area contributed by atoms with Crippen LogP contribution in [0.4, 0.5) is 13.2 Å². The van der Waals surface area contributed by atoms with Gasteiger partial charge in [-0.15, -0.1) is 0 Å². The Hall–Kier alpha value is -2.27. The van der Waals surface area contributed by atoms with Crippen LogP contribution in [0.5, 0.6) is 0 Å². The van der Waals surface area contributed by atoms with Crippen LogP contribution < -0.4 is 11.2 Å². The number of aliphatic hydroxyl groups excluding tert-OH is 3. The van der Waals surface area contributed by atoms with Crippen molar-refractivity contribution >= 4 is 0 Å². The lowest BCUT2D eigenvalue weighted by atomic mass is 10.1. The summed E-state index contributed by atoms with van der Waals surface area (Å²) in [5, 5.41) is 28.1. The fourth-order valence-electron chi connectivity index (χ4n) is 1.98. The number of aromatic nitrogens is 2. The maximum absolute atomic E-state index is 12.4. The summed E-state index contributed by atoms with van der Waals surface area (Å²) in [6, 6.07) is 0. The molecule has 1 aromatic heterocycles. The third-order valence-electron chi connectivity index (χ3n) is 2.96. The van der Waals surface area contributed by atoms with Gasteiger partial charge in [0.05, 0.1) is 5.56 Å². The molecule has 22 heavy (non-hydrogen) atoms. The van der Waals surface area contributed by atoms with Gasteiger partial charge in [-0.3, -0.25) is 14.3 Å². The lowest BCUT2D eigenvalue weighted by Crippen LogP contribution is -2.37. The maximum Gasteiger partial charge on any atom is 0.406 e. The zero-order valence-electron chi connectivity index (χ0n) is 10.8. The monoisotopic (exact) mass is 324 g/mol. The second kappa shape index (κ2) is 5.50. The molecular weight excluding hydrogens is 313 g/mol. The quantitative estimate of drug-likeness (QED) is 0.582. The van der Waals surface area contributed by atoms with E-state index in [4.69, 9.17) is 9.84 Å². The molecule has 1 aromatic rings. The number of alkyl halides is 3. The summed E-state index contributed by atoms with van der Waals surface area (Å²) < 4.78 is 42.3. The summed E-state index contributed by atoms with van der Waals surface area (Å²) in [5.41, 5.74) is -2.84. The van der Waals surface area contributed by atoms with E-state index in [1.54, 1.807) is 4.98 Å². The van der Waals surface area contributed by atoms with Crippen molar-refractivity contribution in [2.75, 3.05) is 6.61 Å². The average Bonchev–Trinajstić information content (AvgIpc) is 2.68. The molecule has 0 spiro atoms. The summed E-state index contributed by atoms with van der Waals surface area (Å²) in [5.74, 6) is -1.15. The van der Waals surface area contributed by atoms with Crippen LogP contribution in [0.3, 0.4) is 0 Å². The highest BCUT2D eigenvalue weighted by Crippen LogP contribution is 2.33. The van der Waals surface area contributed by atoms with Gasteiger partial charge >= 0.3 is 11.9 Å². The Labute approximate surface area is 119 Å². The molecule has 2 rings (SSSR count). The molecule has 2 heterocycles. The molecule has 8 nitrogen and oxygen atoms in total. The van der Waals surface area contributed by atoms with Crippen molar-refractivity contribution in [2.45, 2.75) is 24.9 Å². The van der Waals surface area contributed by atoms with Crippen molar-refractivity contribution in [1.82, 2.24) is 9.55 Å². The number of H-pyrrole nitrogens is 1. The van der Waals surface area contributed by atoms with E-state index in [0.717, 1.165) is 0 Å². The van der Waals surface area contributed by atoms with Crippen molar-refractivity contribution < 1.29 is 33.2 Å². The zero-order chi connectivity index (χ0) is 16.7. The molecule has 0 aliphatic carbocycles. The van der Waals surface area contributed by atoms with Gasteiger partial charge in [-0.25, -0.2) is 4.79 Å². The number of hydrogen-bond acceptors (Lipinski definition) is 6. The predicted molar refractivity (Wildman–Crippen MR) is 64.0 cm³/mol. The Morgan fingerprint density at radius 3 is 2.50 bits per heavy atom. The van der Waals surface area contributed by atoms with E-state index in [-0.39, 0.29) is 4.57 Å². The molecule has 1 aliphatic rings. The van der Waals surface area contributed by atoms with E-state index < -0.39 is 59.9 Å². The van der Waals surface area contributed by atoms with Crippen LogP contribution >= 0.6 is 0 Å². The number of rotatable bonds is 3. The van der Waals surface area contributed by atoms with Gasteiger partial charge in [0.25, 0.3) is 5.56 Å². The van der Waals surface area contributed by atoms with Crippen molar-refractivity contribution in [3.8, 4) is 0 Å². The van der Waals surface area contributed by atoms with Gasteiger partial charge in [-0.1, -0.05) is 0 Å². The Bertz CT molecular complexity index is 720. The third-order valence-corrected chi connectivity index (χ3v) is 2.96. The minimum Gasteiger partial charge on any atom is -0.506 e. The first-order chi connectivity index (χ1) is 10.1. The molecule has 2 atom stereocenters. The van der Waals surface area contributed by atoms with Crippen LogP contribution in [0.25, 0.3) is 0 Å². The molecule has 122 valence electrons. The molecular formula is C11H11F3N2O6. The fourth-order valence-corrected chi connectivity index (χ4v) is 1.98. The van der Waals surface area contributed by atoms with Gasteiger partial charge in [0.2, 0.25) is 0 Å². The van der Waals surface area contributed by atoms with Crippen LogP contribution in [-0.4, -0.2) is 43.8 Å². The van der Waals surface area contributed by atoms with Gasteiger partial charge in [0, 0.05) is 6.20 Å². The summed E-state index contributed by atoms with van der Waals surface area (Å²) in [6.45, 7) is -2.43. The number of nitrogens with zero attached hydrogens (tertiary/aromatic N) is 1. The largest absolute Gasteiger partial charge is 0.506 e. The van der Waals surface area contributed by atoms with Gasteiger partial charge in [-0.2, -0.15) is 13.2 Å². The number of halogens is 3. The van der Waals surface area contributed by atoms with E-state index >= 15 is 0 Å². The Kier molecular flexibility index (Phi) is 4.02. The van der Waals surface area contributed by atoms with Gasteiger partial charge in [-0.05, 0) is 0 Å². The Morgan fingerprint density at radius 1 is 1.36 bits per heavy atom. The Balaban J connectivity index is 2.43. The highest BCUT2D eigenvalue weighted by molar-refractivity contribution is 5.23. The lowest BCUT2D eigenvalue weighted by Gasteiger charge is -2.16. The van der Waals surface area contributed by atoms with Crippen LogP contribution in [0, 0.1) is 0 Å². The maximum atomic E-state index is 12.4. The molecule has 0 fully saturated rings. The number of nitrogens with one attached hydrogen (secondary N) is 1. The van der Waals surface area contributed by atoms with Gasteiger partial charge in [0.15, 0.2) is 23.7 Å². The minimum atomic E-state index is -4.70. The number of hydrogen-bond donors (Lipinski definition) is 4. The first-order valence-corrected chi connectivity index (χ1v) is 5.92. The molecule has 0 saturated carbocycles. The van der Waals surface area contributed by atoms with Crippen LogP contribution in [0.1, 0.15) is 11.7 Å². The molecule has 0 amide bonds. The molecule has 4 N–H and O–H groups in total. The second-order valence-corrected chi connectivity index (χ2v) is 4.54. The minimum absolute atomic E-state index is 0.195. The number of aromatic amines is 1. The number of aliphatic hydroxyl groups is 3. The predicted octanol–water partition coefficient (Wildman–Crippen LogP) is -0.707. The average molecular weight is 324 g/mol. The second-order valence-electron chi connectivity index (χ2n) is 4.54. The van der Waals surface area contributed by atoms with E-state index in [1.807, 2.05) is 0 Å². The van der Waals surface area contributed by atoms with E-state index in [0.29, 0.717) is 6.20 Å². The first kappa shape index (κ1) is 16.1. The lowest BCUT2D eigenvalue weighted by molar-refractivity contribution is -0.141. The van der Waals surface area contributed by atoms with Crippen molar-refractivity contribution in [1.29, 1.82) is 0 Å². The molecule has 0 saturated heterocycles. The molecule has 0 radical (unpaired) electrons. The SMILES string of the molecule is O=c1[nH]c(=O)n(CC(F)(F)F)cc1[C@@H]1OC(CO)=C(O)C1O. The molecule has 1 aliphatic heterocycles. The molecule has 0 bridgehead atoms. The van der Waals surface area contributed by atoms with Gasteiger partial charge in [0.1, 0.15) is 13.2 Å². The summed E-state index contributed by atoms with van der Waals surface area (Å²) >= 11 is 0. The van der Waals surface area contributed by atoms with Crippen LogP contribution in [0.2, 0.25) is 0 Å². The fraction of sp³-hybridized carbons (Fsp3) is 0.455. The van der Waals surface area contributed by atoms with Crippen molar-refractivity contribution in [2.24, 2.45) is 0 Å². The summed E-state index contributed by atoms with van der Waals surface area (Å²) in [7, 11) is 0. The van der Waals surface area contributed by atoms with E-state index in [2.05, 4.69) is 0 Å². The summed E-state index contributed by atoms with van der Waals surface area (Å²) in [4.78, 5) is 24.7. The van der Waals surface area contributed by atoms with Gasteiger partial charge < -0.3 is 20.1 Å².